The molecule has 0 spiro atoms. The lowest BCUT2D eigenvalue weighted by Crippen LogP contribution is -2.42. The molecule has 0 unspecified atom stereocenters. The number of halogens is 2. The van der Waals surface area contributed by atoms with Gasteiger partial charge in [0.1, 0.15) is 5.75 Å². The number of alkyl halides is 2. The summed E-state index contributed by atoms with van der Waals surface area (Å²) >= 11 is 0. The van der Waals surface area contributed by atoms with Crippen LogP contribution in [0.2, 0.25) is 0 Å². The SMILES string of the molecule is CCOc1ccc(N)cc1CN1CCCC(F)(F)C1. The molecule has 1 aliphatic rings. The number of nitrogens with zero attached hydrogens (tertiary/aromatic N) is 1. The van der Waals surface area contributed by atoms with Crippen LogP contribution >= 0.6 is 0 Å². The largest absolute Gasteiger partial charge is 0.494 e. The van der Waals surface area contributed by atoms with Gasteiger partial charge in [0.05, 0.1) is 13.2 Å². The second kappa shape index (κ2) is 5.74. The summed E-state index contributed by atoms with van der Waals surface area (Å²) in [6, 6.07) is 5.37. The first-order chi connectivity index (χ1) is 9.00. The van der Waals surface area contributed by atoms with Crippen molar-refractivity contribution in [3.8, 4) is 5.75 Å². The summed E-state index contributed by atoms with van der Waals surface area (Å²) in [5.41, 5.74) is 7.26. The maximum atomic E-state index is 13.4. The van der Waals surface area contributed by atoms with Crippen LogP contribution in [0.3, 0.4) is 0 Å². The summed E-state index contributed by atoms with van der Waals surface area (Å²) in [6.07, 6.45) is 0.512. The lowest BCUT2D eigenvalue weighted by atomic mass is 10.1. The lowest BCUT2D eigenvalue weighted by molar-refractivity contribution is -0.0662. The Morgan fingerprint density at radius 2 is 2.21 bits per heavy atom. The lowest BCUT2D eigenvalue weighted by Gasteiger charge is -2.32. The zero-order valence-electron chi connectivity index (χ0n) is 11.2. The van der Waals surface area contributed by atoms with E-state index in [1.54, 1.807) is 23.1 Å². The molecule has 1 fully saturated rings. The second-order valence-corrected chi connectivity index (χ2v) is 4.97. The molecule has 0 amide bonds. The highest BCUT2D eigenvalue weighted by Crippen LogP contribution is 2.29. The predicted octanol–water partition coefficient (Wildman–Crippen LogP) is 2.90. The standard InChI is InChI=1S/C14H20F2N2O/c1-2-19-13-5-4-12(17)8-11(13)9-18-7-3-6-14(15,16)10-18/h4-5,8H,2-3,6-7,9-10,17H2,1H3. The molecular weight excluding hydrogens is 250 g/mol. The molecule has 0 aliphatic carbocycles. The van der Waals surface area contributed by atoms with Crippen molar-refractivity contribution in [2.24, 2.45) is 0 Å². The first-order valence-electron chi connectivity index (χ1n) is 6.61. The fourth-order valence-corrected chi connectivity index (χ4v) is 2.44. The number of hydrogen-bond donors (Lipinski definition) is 1. The van der Waals surface area contributed by atoms with E-state index in [1.807, 2.05) is 6.92 Å². The Hall–Kier alpha value is -1.36. The molecule has 1 aromatic carbocycles. The van der Waals surface area contributed by atoms with Gasteiger partial charge in [-0.25, -0.2) is 8.78 Å². The molecule has 19 heavy (non-hydrogen) atoms. The molecule has 106 valence electrons. The smallest absolute Gasteiger partial charge is 0.260 e. The predicted molar refractivity (Wildman–Crippen MR) is 71.5 cm³/mol. The number of piperidine rings is 1. The average Bonchev–Trinajstić information content (AvgIpc) is 2.31. The van der Waals surface area contributed by atoms with E-state index in [0.717, 1.165) is 11.3 Å². The molecule has 2 rings (SSSR count). The molecule has 0 atom stereocenters. The van der Waals surface area contributed by atoms with Crippen molar-refractivity contribution >= 4 is 5.69 Å². The van der Waals surface area contributed by atoms with Crippen LogP contribution < -0.4 is 10.5 Å². The van der Waals surface area contributed by atoms with Crippen LogP contribution in [0.4, 0.5) is 14.5 Å². The van der Waals surface area contributed by atoms with E-state index >= 15 is 0 Å². The van der Waals surface area contributed by atoms with Gasteiger partial charge in [-0.05, 0) is 38.1 Å². The number of likely N-dealkylation sites (tertiary alicyclic amines) is 1. The quantitative estimate of drug-likeness (QED) is 0.855. The van der Waals surface area contributed by atoms with E-state index in [1.165, 1.54) is 0 Å². The van der Waals surface area contributed by atoms with Crippen molar-refractivity contribution in [1.29, 1.82) is 0 Å². The Bertz CT molecular complexity index is 437. The van der Waals surface area contributed by atoms with E-state index in [2.05, 4.69) is 0 Å². The number of benzene rings is 1. The van der Waals surface area contributed by atoms with Gasteiger partial charge in [-0.2, -0.15) is 0 Å². The summed E-state index contributed by atoms with van der Waals surface area (Å²) in [6.45, 7) is 3.40. The third-order valence-electron chi connectivity index (χ3n) is 3.25. The Labute approximate surface area is 112 Å². The molecule has 0 radical (unpaired) electrons. The normalized spacial score (nSPS) is 19.3. The van der Waals surface area contributed by atoms with Crippen molar-refractivity contribution < 1.29 is 13.5 Å². The summed E-state index contributed by atoms with van der Waals surface area (Å²) in [5, 5.41) is 0. The minimum absolute atomic E-state index is 0.0151. The second-order valence-electron chi connectivity index (χ2n) is 4.97. The van der Waals surface area contributed by atoms with Gasteiger partial charge in [-0.15, -0.1) is 0 Å². The molecular formula is C14H20F2N2O. The van der Waals surface area contributed by atoms with Crippen LogP contribution in [0, 0.1) is 0 Å². The van der Waals surface area contributed by atoms with Gasteiger partial charge in [-0.3, -0.25) is 4.90 Å². The van der Waals surface area contributed by atoms with Crippen molar-refractivity contribution in [3.05, 3.63) is 23.8 Å². The number of anilines is 1. The van der Waals surface area contributed by atoms with E-state index < -0.39 is 5.92 Å². The van der Waals surface area contributed by atoms with Gasteiger partial charge >= 0.3 is 0 Å². The highest BCUT2D eigenvalue weighted by atomic mass is 19.3. The van der Waals surface area contributed by atoms with Gasteiger partial charge in [0.2, 0.25) is 0 Å². The summed E-state index contributed by atoms with van der Waals surface area (Å²) in [4.78, 5) is 1.76. The van der Waals surface area contributed by atoms with Crippen LogP contribution in [0.15, 0.2) is 18.2 Å². The highest BCUT2D eigenvalue weighted by molar-refractivity contribution is 5.47. The minimum Gasteiger partial charge on any atom is -0.494 e. The molecule has 1 aromatic rings. The Balaban J connectivity index is 2.11. The van der Waals surface area contributed by atoms with Crippen LogP contribution in [-0.4, -0.2) is 30.5 Å². The number of nitrogen functional groups attached to an aromatic ring is 1. The molecule has 1 aliphatic heterocycles. The van der Waals surface area contributed by atoms with E-state index in [-0.39, 0.29) is 13.0 Å². The first kappa shape index (κ1) is 14.1. The van der Waals surface area contributed by atoms with E-state index in [9.17, 15) is 8.78 Å². The van der Waals surface area contributed by atoms with E-state index in [4.69, 9.17) is 10.5 Å². The topological polar surface area (TPSA) is 38.5 Å². The number of hydrogen-bond acceptors (Lipinski definition) is 3. The molecule has 2 N–H and O–H groups in total. The molecule has 1 heterocycles. The molecule has 0 saturated carbocycles. The number of rotatable bonds is 4. The van der Waals surface area contributed by atoms with Gasteiger partial charge in [0, 0.05) is 24.2 Å². The monoisotopic (exact) mass is 270 g/mol. The first-order valence-corrected chi connectivity index (χ1v) is 6.61. The molecule has 1 saturated heterocycles. The number of nitrogens with two attached hydrogens (primary N) is 1. The average molecular weight is 270 g/mol. The fourth-order valence-electron chi connectivity index (χ4n) is 2.44. The van der Waals surface area contributed by atoms with Crippen molar-refractivity contribution in [1.82, 2.24) is 4.90 Å². The maximum Gasteiger partial charge on any atom is 0.260 e. The summed E-state index contributed by atoms with van der Waals surface area (Å²) in [5.74, 6) is -1.85. The number of ether oxygens (including phenoxy) is 1. The molecule has 0 bridgehead atoms. The Kier molecular flexibility index (Phi) is 4.24. The summed E-state index contributed by atoms with van der Waals surface area (Å²) < 4.78 is 32.3. The van der Waals surface area contributed by atoms with Crippen molar-refractivity contribution in [2.75, 3.05) is 25.4 Å². The Morgan fingerprint density at radius 3 is 2.89 bits per heavy atom. The third kappa shape index (κ3) is 3.80. The van der Waals surface area contributed by atoms with Crippen LogP contribution in [0.25, 0.3) is 0 Å². The van der Waals surface area contributed by atoms with Crippen LogP contribution in [0.5, 0.6) is 5.75 Å². The van der Waals surface area contributed by atoms with Crippen molar-refractivity contribution in [3.63, 3.8) is 0 Å². The third-order valence-corrected chi connectivity index (χ3v) is 3.25. The molecule has 3 nitrogen and oxygen atoms in total. The fraction of sp³-hybridized carbons (Fsp3) is 0.571. The van der Waals surface area contributed by atoms with E-state index in [0.29, 0.717) is 31.8 Å². The van der Waals surface area contributed by atoms with Crippen LogP contribution in [0.1, 0.15) is 25.3 Å². The van der Waals surface area contributed by atoms with Gasteiger partial charge < -0.3 is 10.5 Å². The summed E-state index contributed by atoms with van der Waals surface area (Å²) in [7, 11) is 0. The Morgan fingerprint density at radius 1 is 1.42 bits per heavy atom. The highest BCUT2D eigenvalue weighted by Gasteiger charge is 2.35. The minimum atomic E-state index is -2.58. The molecule has 5 heteroatoms. The zero-order chi connectivity index (χ0) is 13.9. The molecule has 0 aromatic heterocycles. The van der Waals surface area contributed by atoms with Crippen molar-refractivity contribution in [2.45, 2.75) is 32.2 Å². The van der Waals surface area contributed by atoms with Gasteiger partial charge in [0.25, 0.3) is 5.92 Å². The maximum absolute atomic E-state index is 13.4. The van der Waals surface area contributed by atoms with Gasteiger partial charge in [-0.1, -0.05) is 0 Å². The zero-order valence-corrected chi connectivity index (χ0v) is 11.2. The van der Waals surface area contributed by atoms with Crippen LogP contribution in [-0.2, 0) is 6.54 Å². The van der Waals surface area contributed by atoms with Gasteiger partial charge in [0.15, 0.2) is 0 Å².